The van der Waals surface area contributed by atoms with Gasteiger partial charge in [0.25, 0.3) is 0 Å². The molecule has 0 aliphatic carbocycles. The van der Waals surface area contributed by atoms with Gasteiger partial charge in [0.15, 0.2) is 0 Å². The smallest absolute Gasteiger partial charge is 0.128 e. The molecule has 0 spiro atoms. The van der Waals surface area contributed by atoms with Gasteiger partial charge in [0.1, 0.15) is 23.0 Å². The molecule has 0 saturated heterocycles. The minimum absolute atomic E-state index is 0.0817. The summed E-state index contributed by atoms with van der Waals surface area (Å²) >= 11 is 0. The quantitative estimate of drug-likeness (QED) is 0.0530. The highest BCUT2D eigenvalue weighted by Gasteiger charge is 2.05. The number of unbranched alkanes of at least 4 members (excludes halogenated alkanes) is 26. The number of aliphatic imine (C=N–C) groups is 2. The van der Waals surface area contributed by atoms with Gasteiger partial charge in [-0.15, -0.1) is 0 Å². The molecular weight excluding hydrogens is 681 g/mol. The van der Waals surface area contributed by atoms with Gasteiger partial charge >= 0.3 is 0 Å². The normalized spacial score (nSPS) is 12.3. The van der Waals surface area contributed by atoms with Crippen LogP contribution < -0.4 is 9.47 Å². The third-order valence-corrected chi connectivity index (χ3v) is 10.6. The minimum atomic E-state index is -0.0817. The fourth-order valence-corrected chi connectivity index (χ4v) is 6.98. The molecular formula is C49H82N2O4. The summed E-state index contributed by atoms with van der Waals surface area (Å²) in [5.41, 5.74) is 1.31. The van der Waals surface area contributed by atoms with E-state index in [4.69, 9.17) is 9.47 Å². The van der Waals surface area contributed by atoms with Crippen molar-refractivity contribution in [3.05, 3.63) is 47.5 Å². The predicted octanol–water partition coefficient (Wildman–Crippen LogP) is 14.7. The number of aromatic hydroxyl groups is 2. The maximum absolute atomic E-state index is 10.5. The lowest BCUT2D eigenvalue weighted by atomic mass is 10.0. The molecule has 2 rings (SSSR count). The van der Waals surface area contributed by atoms with E-state index in [-0.39, 0.29) is 17.5 Å². The summed E-state index contributed by atoms with van der Waals surface area (Å²) in [7, 11) is 0. The first-order chi connectivity index (χ1) is 27.0. The van der Waals surface area contributed by atoms with Crippen LogP contribution in [0.4, 0.5) is 0 Å². The van der Waals surface area contributed by atoms with Gasteiger partial charge in [-0.1, -0.05) is 181 Å². The molecule has 2 aromatic rings. The van der Waals surface area contributed by atoms with Gasteiger partial charge in [0.05, 0.1) is 25.8 Å². The Balaban J connectivity index is 1.51. The summed E-state index contributed by atoms with van der Waals surface area (Å²) in [5.74, 6) is 1.70. The van der Waals surface area contributed by atoms with Crippen molar-refractivity contribution < 1.29 is 19.7 Å². The molecule has 0 radical (unpaired) electrons. The van der Waals surface area contributed by atoms with E-state index < -0.39 is 0 Å². The Morgan fingerprint density at radius 3 is 1.15 bits per heavy atom. The first-order valence-corrected chi connectivity index (χ1v) is 23.0. The van der Waals surface area contributed by atoms with E-state index in [2.05, 4.69) is 23.8 Å². The Labute approximate surface area is 338 Å². The van der Waals surface area contributed by atoms with Gasteiger partial charge < -0.3 is 19.7 Å². The second kappa shape index (κ2) is 34.2. The third kappa shape index (κ3) is 26.5. The van der Waals surface area contributed by atoms with Crippen LogP contribution in [-0.4, -0.2) is 48.4 Å². The van der Waals surface area contributed by atoms with Crippen molar-refractivity contribution in [2.45, 2.75) is 207 Å². The molecule has 6 heteroatoms. The van der Waals surface area contributed by atoms with E-state index in [0.29, 0.717) is 42.4 Å². The van der Waals surface area contributed by atoms with Crippen LogP contribution in [-0.2, 0) is 0 Å². The zero-order chi connectivity index (χ0) is 39.4. The van der Waals surface area contributed by atoms with Gasteiger partial charge in [0.2, 0.25) is 0 Å². The molecule has 0 aliphatic heterocycles. The molecule has 312 valence electrons. The molecule has 6 nitrogen and oxygen atoms in total. The predicted molar refractivity (Wildman–Crippen MR) is 237 cm³/mol. The van der Waals surface area contributed by atoms with Crippen molar-refractivity contribution in [2.75, 3.05) is 19.8 Å². The largest absolute Gasteiger partial charge is 0.507 e. The fourth-order valence-electron chi connectivity index (χ4n) is 6.98. The molecule has 55 heavy (non-hydrogen) atoms. The lowest BCUT2D eigenvalue weighted by Gasteiger charge is -2.09. The van der Waals surface area contributed by atoms with Crippen LogP contribution >= 0.6 is 0 Å². The van der Waals surface area contributed by atoms with E-state index in [1.54, 1.807) is 24.6 Å². The van der Waals surface area contributed by atoms with Gasteiger partial charge in [-0.2, -0.15) is 0 Å². The van der Waals surface area contributed by atoms with Crippen LogP contribution in [0.15, 0.2) is 46.4 Å². The maximum Gasteiger partial charge on any atom is 0.128 e. The zero-order valence-electron chi connectivity index (χ0n) is 35.7. The molecule has 2 aromatic carbocycles. The number of rotatable bonds is 37. The van der Waals surface area contributed by atoms with Crippen molar-refractivity contribution in [1.82, 2.24) is 0 Å². The van der Waals surface area contributed by atoms with E-state index in [1.165, 1.54) is 167 Å². The highest BCUT2D eigenvalue weighted by atomic mass is 16.5. The number of phenols is 2. The number of nitrogens with zero attached hydrogens (tertiary/aromatic N) is 2. The molecule has 2 N–H and O–H groups in total. The summed E-state index contributed by atoms with van der Waals surface area (Å²) in [4.78, 5) is 9.06. The Morgan fingerprint density at radius 1 is 0.473 bits per heavy atom. The SMILES string of the molecule is CCCCCCCCCCCCCCCCOc1ccc(C=NCC(C)N=Cc2ccc(OCCCCCCCCCCCCCCCC)cc2O)c(O)c1. The van der Waals surface area contributed by atoms with Crippen LogP contribution in [0.25, 0.3) is 0 Å². The number of ether oxygens (including phenoxy) is 2. The standard InChI is InChI=1S/C49H82N2O4/c1-4-6-8-10-12-14-16-18-20-22-24-26-28-30-36-54-46-34-32-44(48(52)38-46)41-50-40-43(3)51-42-45-33-35-47(39-49(45)53)55-37-31-29-27-25-23-21-19-17-15-13-11-9-7-5-2/h32-35,38-39,41-43,52-53H,4-31,36-37,40H2,1-3H3. The summed E-state index contributed by atoms with van der Waals surface area (Å²) < 4.78 is 11.8. The third-order valence-electron chi connectivity index (χ3n) is 10.6. The monoisotopic (exact) mass is 763 g/mol. The molecule has 0 aromatic heterocycles. The summed E-state index contributed by atoms with van der Waals surface area (Å²) in [6.45, 7) is 8.35. The van der Waals surface area contributed by atoms with Crippen LogP contribution in [0, 0.1) is 0 Å². The van der Waals surface area contributed by atoms with E-state index in [0.717, 1.165) is 12.8 Å². The molecule has 0 aliphatic rings. The number of hydrogen-bond acceptors (Lipinski definition) is 6. The average Bonchev–Trinajstić information content (AvgIpc) is 3.18. The highest BCUT2D eigenvalue weighted by molar-refractivity contribution is 5.84. The Bertz CT molecular complexity index is 1250. The summed E-state index contributed by atoms with van der Waals surface area (Å²) in [5, 5.41) is 21.0. The van der Waals surface area contributed by atoms with Crippen molar-refractivity contribution in [3.63, 3.8) is 0 Å². The van der Waals surface area contributed by atoms with Crippen LogP contribution in [0.2, 0.25) is 0 Å². The first-order valence-electron chi connectivity index (χ1n) is 23.0. The Morgan fingerprint density at radius 2 is 0.800 bits per heavy atom. The van der Waals surface area contributed by atoms with Crippen molar-refractivity contribution >= 4 is 12.4 Å². The summed E-state index contributed by atoms with van der Waals surface area (Å²) in [6, 6.07) is 10.7. The average molecular weight is 763 g/mol. The van der Waals surface area contributed by atoms with E-state index in [9.17, 15) is 10.2 Å². The maximum atomic E-state index is 10.5. The number of phenolic OH excluding ortho intramolecular Hbond substituents is 2. The van der Waals surface area contributed by atoms with Crippen LogP contribution in [0.5, 0.6) is 23.0 Å². The molecule has 1 unspecified atom stereocenters. The Hall–Kier alpha value is -3.02. The second-order valence-corrected chi connectivity index (χ2v) is 16.0. The molecule has 0 saturated carbocycles. The molecule has 0 heterocycles. The topological polar surface area (TPSA) is 83.6 Å². The molecule has 0 bridgehead atoms. The second-order valence-electron chi connectivity index (χ2n) is 16.0. The highest BCUT2D eigenvalue weighted by Crippen LogP contribution is 2.24. The fraction of sp³-hybridized carbons (Fsp3) is 0.714. The first kappa shape index (κ1) is 48.1. The lowest BCUT2D eigenvalue weighted by molar-refractivity contribution is 0.302. The zero-order valence-corrected chi connectivity index (χ0v) is 35.7. The van der Waals surface area contributed by atoms with Gasteiger partial charge in [-0.25, -0.2) is 0 Å². The van der Waals surface area contributed by atoms with Crippen molar-refractivity contribution in [3.8, 4) is 23.0 Å². The van der Waals surface area contributed by atoms with Gasteiger partial charge in [0, 0.05) is 35.7 Å². The van der Waals surface area contributed by atoms with Crippen molar-refractivity contribution in [2.24, 2.45) is 9.98 Å². The van der Waals surface area contributed by atoms with Crippen molar-refractivity contribution in [1.29, 1.82) is 0 Å². The lowest BCUT2D eigenvalue weighted by Crippen LogP contribution is -2.04. The van der Waals surface area contributed by atoms with Crippen LogP contribution in [0.3, 0.4) is 0 Å². The minimum Gasteiger partial charge on any atom is -0.507 e. The summed E-state index contributed by atoms with van der Waals surface area (Å²) in [6.07, 6.45) is 40.9. The van der Waals surface area contributed by atoms with E-state index in [1.807, 2.05) is 31.2 Å². The Kier molecular flexibility index (Phi) is 30.0. The number of hydrogen-bond donors (Lipinski definition) is 2. The van der Waals surface area contributed by atoms with Crippen LogP contribution in [0.1, 0.15) is 212 Å². The van der Waals surface area contributed by atoms with Gasteiger partial charge in [-0.05, 0) is 44.0 Å². The van der Waals surface area contributed by atoms with E-state index >= 15 is 0 Å². The molecule has 1 atom stereocenters. The van der Waals surface area contributed by atoms with Gasteiger partial charge in [-0.3, -0.25) is 9.98 Å². The molecule has 0 fully saturated rings. The number of benzene rings is 2. The molecule has 0 amide bonds.